The third-order valence-electron chi connectivity index (χ3n) is 8.57. The van der Waals surface area contributed by atoms with Crippen LogP contribution in [0.25, 0.3) is 0 Å². The summed E-state index contributed by atoms with van der Waals surface area (Å²) in [4.78, 5) is 41.0. The smallest absolute Gasteiger partial charge is 0.227 e. The van der Waals surface area contributed by atoms with Gasteiger partial charge in [-0.05, 0) is 72.3 Å². The predicted molar refractivity (Wildman–Crippen MR) is 158 cm³/mol. The summed E-state index contributed by atoms with van der Waals surface area (Å²) in [6.45, 7) is 13.2. The molecule has 0 unspecified atom stereocenters. The first-order valence-electron chi connectivity index (χ1n) is 14.3. The number of carbonyl (C=O) groups excluding carboxylic acids is 3. The molecule has 0 spiro atoms. The first kappa shape index (κ1) is 27.8. The lowest BCUT2D eigenvalue weighted by Gasteiger charge is -2.36. The fourth-order valence-electron chi connectivity index (χ4n) is 5.99. The average Bonchev–Trinajstić information content (AvgIpc) is 2.91. The highest BCUT2D eigenvalue weighted by Crippen LogP contribution is 2.42. The monoisotopic (exact) mass is 537 g/mol. The third kappa shape index (κ3) is 5.34. The summed E-state index contributed by atoms with van der Waals surface area (Å²) >= 11 is 0. The number of benzene rings is 3. The molecule has 2 aliphatic rings. The van der Waals surface area contributed by atoms with Gasteiger partial charge in [-0.15, -0.1) is 0 Å². The second-order valence-electron chi connectivity index (χ2n) is 13.3. The summed E-state index contributed by atoms with van der Waals surface area (Å²) in [6.07, 6.45) is 3.64. The van der Waals surface area contributed by atoms with Crippen molar-refractivity contribution in [2.45, 2.75) is 72.6 Å². The van der Waals surface area contributed by atoms with Gasteiger partial charge >= 0.3 is 0 Å². The maximum atomic E-state index is 13.8. The molecule has 3 aromatic rings. The molecule has 5 rings (SSSR count). The quantitative estimate of drug-likeness (QED) is 0.284. The Labute approximate surface area is 237 Å². The summed E-state index contributed by atoms with van der Waals surface area (Å²) < 4.78 is 6.21. The van der Waals surface area contributed by atoms with E-state index in [1.54, 1.807) is 36.4 Å². The number of nitrogens with one attached hydrogen (secondary N) is 1. The van der Waals surface area contributed by atoms with E-state index in [0.29, 0.717) is 34.2 Å². The van der Waals surface area contributed by atoms with Crippen LogP contribution in [0.1, 0.15) is 105 Å². The van der Waals surface area contributed by atoms with Gasteiger partial charge in [-0.25, -0.2) is 0 Å². The van der Waals surface area contributed by atoms with Crippen LogP contribution in [0.3, 0.4) is 0 Å². The van der Waals surface area contributed by atoms with Crippen molar-refractivity contribution in [1.82, 2.24) is 0 Å². The normalized spacial score (nSPS) is 19.1. The Morgan fingerprint density at radius 1 is 0.750 bits per heavy atom. The van der Waals surface area contributed by atoms with Gasteiger partial charge in [0.05, 0.1) is 16.8 Å². The van der Waals surface area contributed by atoms with Crippen molar-refractivity contribution in [3.05, 3.63) is 88.5 Å². The molecule has 1 saturated carbocycles. The zero-order valence-electron chi connectivity index (χ0n) is 24.4. The largest absolute Gasteiger partial charge is 0.457 e. The number of hydrogen-bond donors (Lipinski definition) is 1. The van der Waals surface area contributed by atoms with Crippen LogP contribution >= 0.6 is 0 Å². The Morgan fingerprint density at radius 2 is 1.32 bits per heavy atom. The lowest BCUT2D eigenvalue weighted by molar-refractivity contribution is -0.121. The highest BCUT2D eigenvalue weighted by Gasteiger charge is 2.37. The molecule has 0 heterocycles. The fourth-order valence-corrected chi connectivity index (χ4v) is 5.99. The minimum Gasteiger partial charge on any atom is -0.457 e. The zero-order valence-corrected chi connectivity index (χ0v) is 24.4. The van der Waals surface area contributed by atoms with Crippen LogP contribution in [0, 0.1) is 17.3 Å². The summed E-state index contributed by atoms with van der Waals surface area (Å²) in [6, 6.07) is 18.0. The van der Waals surface area contributed by atoms with Crippen LogP contribution in [0.2, 0.25) is 0 Å². The van der Waals surface area contributed by atoms with E-state index in [2.05, 4.69) is 46.9 Å². The number of ether oxygens (including phenoxy) is 1. The van der Waals surface area contributed by atoms with E-state index in [1.807, 2.05) is 24.3 Å². The summed E-state index contributed by atoms with van der Waals surface area (Å²) in [5.74, 6) is 0.678. The van der Waals surface area contributed by atoms with Gasteiger partial charge in [0, 0.05) is 17.0 Å². The molecule has 3 aromatic carbocycles. The van der Waals surface area contributed by atoms with Gasteiger partial charge in [0.1, 0.15) is 11.5 Å². The first-order chi connectivity index (χ1) is 18.8. The lowest BCUT2D eigenvalue weighted by atomic mass is 9.69. The number of carbonyl (C=O) groups is 3. The van der Waals surface area contributed by atoms with Gasteiger partial charge in [0.25, 0.3) is 0 Å². The van der Waals surface area contributed by atoms with Crippen molar-refractivity contribution in [3.8, 4) is 11.5 Å². The first-order valence-corrected chi connectivity index (χ1v) is 14.3. The van der Waals surface area contributed by atoms with Gasteiger partial charge in [-0.2, -0.15) is 0 Å². The molecule has 208 valence electrons. The Hall–Kier alpha value is -3.73. The molecule has 5 heteroatoms. The van der Waals surface area contributed by atoms with Crippen molar-refractivity contribution in [3.63, 3.8) is 0 Å². The van der Waals surface area contributed by atoms with Crippen LogP contribution in [0.4, 0.5) is 5.69 Å². The molecule has 2 aliphatic carbocycles. The van der Waals surface area contributed by atoms with Crippen LogP contribution in [-0.2, 0) is 10.2 Å². The SMILES string of the molecule is CC(C)(C)c1ccc(Oc2ccc(NC(=O)C3CCC(C(C)(C)C)CC3)c3c2C(=O)c2ccccc2C3=O)cc1. The molecule has 1 amide bonds. The van der Waals surface area contributed by atoms with Crippen LogP contribution in [-0.4, -0.2) is 17.5 Å². The molecule has 0 aliphatic heterocycles. The topological polar surface area (TPSA) is 72.5 Å². The third-order valence-corrected chi connectivity index (χ3v) is 8.57. The number of ketones is 2. The Bertz CT molecular complexity index is 1460. The van der Waals surface area contributed by atoms with Gasteiger partial charge in [-0.3, -0.25) is 14.4 Å². The molecule has 40 heavy (non-hydrogen) atoms. The Balaban J connectivity index is 1.48. The van der Waals surface area contributed by atoms with Crippen LogP contribution in [0.5, 0.6) is 11.5 Å². The standard InChI is InChI=1S/C35H39NO4/c1-34(2,3)22-13-11-21(12-14-22)33(39)36-27-19-20-28(40-24-17-15-23(16-18-24)35(4,5)6)30-29(27)31(37)25-9-7-8-10-26(25)32(30)38/h7-10,15-22H,11-14H2,1-6H3,(H,36,39). The van der Waals surface area contributed by atoms with Crippen LogP contribution < -0.4 is 10.1 Å². The van der Waals surface area contributed by atoms with E-state index in [4.69, 9.17) is 4.74 Å². The van der Waals surface area contributed by atoms with Crippen LogP contribution in [0.15, 0.2) is 60.7 Å². The maximum absolute atomic E-state index is 13.8. The average molecular weight is 538 g/mol. The van der Waals surface area contributed by atoms with Gasteiger partial charge in [0.15, 0.2) is 11.6 Å². The zero-order chi connectivity index (χ0) is 28.8. The van der Waals surface area contributed by atoms with Gasteiger partial charge < -0.3 is 10.1 Å². The summed E-state index contributed by atoms with van der Waals surface area (Å²) in [5.41, 5.74) is 2.82. The second-order valence-corrected chi connectivity index (χ2v) is 13.3. The molecule has 5 nitrogen and oxygen atoms in total. The highest BCUT2D eigenvalue weighted by molar-refractivity contribution is 6.31. The summed E-state index contributed by atoms with van der Waals surface area (Å²) in [7, 11) is 0. The van der Waals surface area contributed by atoms with Gasteiger partial charge in [-0.1, -0.05) is 77.9 Å². The highest BCUT2D eigenvalue weighted by atomic mass is 16.5. The van der Waals surface area contributed by atoms with E-state index >= 15 is 0 Å². The molecule has 1 N–H and O–H groups in total. The van der Waals surface area contributed by atoms with Crippen molar-refractivity contribution in [2.75, 3.05) is 5.32 Å². The Kier molecular flexibility index (Phi) is 7.20. The van der Waals surface area contributed by atoms with Gasteiger partial charge in [0.2, 0.25) is 5.91 Å². The lowest BCUT2D eigenvalue weighted by Crippen LogP contribution is -2.32. The molecule has 0 radical (unpaired) electrons. The number of fused-ring (bicyclic) bond motifs is 2. The van der Waals surface area contributed by atoms with E-state index in [1.165, 1.54) is 0 Å². The molecular weight excluding hydrogens is 498 g/mol. The molecule has 0 aromatic heterocycles. The van der Waals surface area contributed by atoms with E-state index in [-0.39, 0.29) is 45.3 Å². The van der Waals surface area contributed by atoms with Crippen molar-refractivity contribution < 1.29 is 19.1 Å². The Morgan fingerprint density at radius 3 is 1.88 bits per heavy atom. The van der Waals surface area contributed by atoms with Crippen molar-refractivity contribution in [1.29, 1.82) is 0 Å². The maximum Gasteiger partial charge on any atom is 0.227 e. The number of anilines is 1. The van der Waals surface area contributed by atoms with Crippen molar-refractivity contribution in [2.24, 2.45) is 17.3 Å². The molecule has 0 saturated heterocycles. The summed E-state index contributed by atoms with van der Waals surface area (Å²) in [5, 5.41) is 3.02. The fraction of sp³-hybridized carbons (Fsp3) is 0.400. The van der Waals surface area contributed by atoms with E-state index in [0.717, 1.165) is 31.2 Å². The minimum atomic E-state index is -0.287. The number of amides is 1. The molecular formula is C35H39NO4. The second kappa shape index (κ2) is 10.3. The molecule has 0 bridgehead atoms. The molecule has 0 atom stereocenters. The van der Waals surface area contributed by atoms with Crippen molar-refractivity contribution >= 4 is 23.2 Å². The predicted octanol–water partition coefficient (Wildman–Crippen LogP) is 8.34. The number of rotatable bonds is 4. The van der Waals surface area contributed by atoms with E-state index in [9.17, 15) is 14.4 Å². The molecule has 1 fully saturated rings. The number of hydrogen-bond acceptors (Lipinski definition) is 4. The van der Waals surface area contributed by atoms with E-state index < -0.39 is 0 Å². The minimum absolute atomic E-state index is 0.00433.